The van der Waals surface area contributed by atoms with Crippen molar-refractivity contribution in [3.63, 3.8) is 0 Å². The fourth-order valence-electron chi connectivity index (χ4n) is 2.66. The molecular weight excluding hydrogens is 457 g/mol. The number of amides is 1. The van der Waals surface area contributed by atoms with Crippen LogP contribution in [0.4, 0.5) is 18.9 Å². The molecule has 3 rings (SSSR count). The van der Waals surface area contributed by atoms with Crippen LogP contribution in [-0.4, -0.2) is 42.5 Å². The summed E-state index contributed by atoms with van der Waals surface area (Å²) in [5.74, 6) is -0.677. The summed E-state index contributed by atoms with van der Waals surface area (Å²) in [5.41, 5.74) is -0.589. The minimum Gasteiger partial charge on any atom is -0.322 e. The van der Waals surface area contributed by atoms with Crippen molar-refractivity contribution in [3.8, 4) is 5.69 Å². The van der Waals surface area contributed by atoms with Gasteiger partial charge in [0.2, 0.25) is 10.0 Å². The standard InChI is InChI=1S/C19H16ClF3N4O3S/c1-26(2)31(29,30)14-7-8-16(20)15(11-14)18(28)25-12-3-5-13(6-4-12)27-17(9-10-24-27)19(21,22)23/h3-11H,1-2H3,(H,25,28). The van der Waals surface area contributed by atoms with Crippen LogP contribution in [0, 0.1) is 0 Å². The molecular formula is C19H16ClF3N4O3S. The number of nitrogens with one attached hydrogen (secondary N) is 1. The fourth-order valence-corrected chi connectivity index (χ4v) is 3.79. The summed E-state index contributed by atoms with van der Waals surface area (Å²) in [5, 5.41) is 6.26. The molecule has 164 valence electrons. The molecule has 0 bridgehead atoms. The number of rotatable bonds is 5. The van der Waals surface area contributed by atoms with Crippen LogP contribution in [0.2, 0.25) is 5.02 Å². The molecule has 0 fully saturated rings. The average molecular weight is 473 g/mol. The summed E-state index contributed by atoms with van der Waals surface area (Å²) in [6, 6.07) is 10.1. The van der Waals surface area contributed by atoms with Gasteiger partial charge >= 0.3 is 6.18 Å². The van der Waals surface area contributed by atoms with Gasteiger partial charge in [0, 0.05) is 19.8 Å². The van der Waals surface area contributed by atoms with E-state index in [1.165, 1.54) is 50.5 Å². The number of nitrogens with zero attached hydrogens (tertiary/aromatic N) is 3. The number of alkyl halides is 3. The molecule has 0 aliphatic rings. The van der Waals surface area contributed by atoms with E-state index in [2.05, 4.69) is 10.4 Å². The first-order valence-electron chi connectivity index (χ1n) is 8.66. The number of aromatic nitrogens is 2. The molecule has 1 aromatic heterocycles. The van der Waals surface area contributed by atoms with E-state index < -0.39 is 27.8 Å². The Kier molecular flexibility index (Phi) is 6.12. The zero-order chi connectivity index (χ0) is 23.0. The number of benzene rings is 2. The average Bonchev–Trinajstić information content (AvgIpc) is 3.19. The largest absolute Gasteiger partial charge is 0.433 e. The molecule has 1 N–H and O–H groups in total. The predicted molar refractivity (Wildman–Crippen MR) is 109 cm³/mol. The van der Waals surface area contributed by atoms with Crippen molar-refractivity contribution in [1.29, 1.82) is 0 Å². The van der Waals surface area contributed by atoms with E-state index in [0.29, 0.717) is 0 Å². The Morgan fingerprint density at radius 1 is 1.10 bits per heavy atom. The number of hydrogen-bond donors (Lipinski definition) is 1. The molecule has 0 unspecified atom stereocenters. The number of halogens is 4. The number of carbonyl (C=O) groups excluding carboxylic acids is 1. The van der Waals surface area contributed by atoms with Crippen molar-refractivity contribution in [1.82, 2.24) is 14.1 Å². The van der Waals surface area contributed by atoms with Gasteiger partial charge in [-0.2, -0.15) is 18.3 Å². The van der Waals surface area contributed by atoms with Crippen LogP contribution < -0.4 is 5.32 Å². The van der Waals surface area contributed by atoms with Gasteiger partial charge in [-0.05, 0) is 48.5 Å². The number of anilines is 1. The van der Waals surface area contributed by atoms with Gasteiger partial charge in [0.25, 0.3) is 5.91 Å². The minimum absolute atomic E-state index is 0.0400. The molecule has 3 aromatic rings. The van der Waals surface area contributed by atoms with Gasteiger partial charge in [-0.1, -0.05) is 11.6 Å². The predicted octanol–water partition coefficient (Wildman–Crippen LogP) is 4.05. The smallest absolute Gasteiger partial charge is 0.322 e. The van der Waals surface area contributed by atoms with Crippen molar-refractivity contribution >= 4 is 33.2 Å². The van der Waals surface area contributed by atoms with Crippen LogP contribution >= 0.6 is 11.6 Å². The second-order valence-electron chi connectivity index (χ2n) is 6.56. The molecule has 1 heterocycles. The zero-order valence-electron chi connectivity index (χ0n) is 16.2. The third kappa shape index (κ3) is 4.73. The van der Waals surface area contributed by atoms with Crippen molar-refractivity contribution in [3.05, 3.63) is 71.0 Å². The topological polar surface area (TPSA) is 84.3 Å². The normalized spacial score (nSPS) is 12.2. The van der Waals surface area contributed by atoms with Crippen molar-refractivity contribution in [2.75, 3.05) is 19.4 Å². The summed E-state index contributed by atoms with van der Waals surface area (Å²) in [4.78, 5) is 12.5. The van der Waals surface area contributed by atoms with Gasteiger partial charge in [0.1, 0.15) is 5.69 Å². The lowest BCUT2D eigenvalue weighted by atomic mass is 10.2. The molecule has 0 radical (unpaired) electrons. The second kappa shape index (κ2) is 8.33. The molecule has 0 aliphatic carbocycles. The van der Waals surface area contributed by atoms with Crippen LogP contribution in [0.15, 0.2) is 59.6 Å². The van der Waals surface area contributed by atoms with Gasteiger partial charge in [0.15, 0.2) is 0 Å². The van der Waals surface area contributed by atoms with Crippen LogP contribution in [-0.2, 0) is 16.2 Å². The lowest BCUT2D eigenvalue weighted by Crippen LogP contribution is -2.23. The SMILES string of the molecule is CN(C)S(=O)(=O)c1ccc(Cl)c(C(=O)Nc2ccc(-n3nccc3C(F)(F)F)cc2)c1. The highest BCUT2D eigenvalue weighted by molar-refractivity contribution is 7.89. The van der Waals surface area contributed by atoms with E-state index in [4.69, 9.17) is 11.6 Å². The highest BCUT2D eigenvalue weighted by Crippen LogP contribution is 2.31. The molecule has 2 aromatic carbocycles. The summed E-state index contributed by atoms with van der Waals surface area (Å²) >= 11 is 6.05. The van der Waals surface area contributed by atoms with E-state index in [0.717, 1.165) is 27.3 Å². The monoisotopic (exact) mass is 472 g/mol. The van der Waals surface area contributed by atoms with E-state index in [1.54, 1.807) is 0 Å². The number of carbonyl (C=O) groups is 1. The van der Waals surface area contributed by atoms with Gasteiger partial charge in [-0.25, -0.2) is 17.4 Å². The Hall–Kier alpha value is -2.89. The number of hydrogen-bond acceptors (Lipinski definition) is 4. The molecule has 31 heavy (non-hydrogen) atoms. The van der Waals surface area contributed by atoms with E-state index >= 15 is 0 Å². The summed E-state index contributed by atoms with van der Waals surface area (Å²) < 4.78 is 65.4. The van der Waals surface area contributed by atoms with Crippen molar-refractivity contribution in [2.45, 2.75) is 11.1 Å². The van der Waals surface area contributed by atoms with Gasteiger partial charge < -0.3 is 5.32 Å². The maximum atomic E-state index is 13.0. The highest BCUT2D eigenvalue weighted by Gasteiger charge is 2.35. The molecule has 0 spiro atoms. The molecule has 7 nitrogen and oxygen atoms in total. The lowest BCUT2D eigenvalue weighted by Gasteiger charge is -2.14. The first-order chi connectivity index (χ1) is 14.4. The summed E-state index contributed by atoms with van der Waals surface area (Å²) in [6.45, 7) is 0. The first kappa shape index (κ1) is 22.8. The van der Waals surface area contributed by atoms with Gasteiger partial charge in [-0.15, -0.1) is 0 Å². The molecule has 0 aliphatic heterocycles. The maximum Gasteiger partial charge on any atom is 0.433 e. The molecule has 0 atom stereocenters. The van der Waals surface area contributed by atoms with E-state index in [-0.39, 0.29) is 26.9 Å². The second-order valence-corrected chi connectivity index (χ2v) is 9.12. The molecule has 12 heteroatoms. The quantitative estimate of drug-likeness (QED) is 0.607. The van der Waals surface area contributed by atoms with Crippen molar-refractivity contribution < 1.29 is 26.4 Å². The maximum absolute atomic E-state index is 13.0. The van der Waals surface area contributed by atoms with E-state index in [1.807, 2.05) is 0 Å². The fraction of sp³-hybridized carbons (Fsp3) is 0.158. The Labute approximate surface area is 181 Å². The third-order valence-corrected chi connectivity index (χ3v) is 6.40. The van der Waals surface area contributed by atoms with Gasteiger partial charge in [0.05, 0.1) is 27.4 Å². The third-order valence-electron chi connectivity index (χ3n) is 4.26. The Bertz CT molecular complexity index is 1220. The summed E-state index contributed by atoms with van der Waals surface area (Å²) in [7, 11) is -1.06. The van der Waals surface area contributed by atoms with Crippen LogP contribution in [0.3, 0.4) is 0 Å². The van der Waals surface area contributed by atoms with Crippen molar-refractivity contribution in [2.24, 2.45) is 0 Å². The zero-order valence-corrected chi connectivity index (χ0v) is 17.8. The number of sulfonamides is 1. The first-order valence-corrected chi connectivity index (χ1v) is 10.5. The lowest BCUT2D eigenvalue weighted by molar-refractivity contribution is -0.142. The minimum atomic E-state index is -4.57. The van der Waals surface area contributed by atoms with Gasteiger partial charge in [-0.3, -0.25) is 4.79 Å². The molecule has 0 saturated carbocycles. The van der Waals surface area contributed by atoms with Crippen LogP contribution in [0.1, 0.15) is 16.1 Å². The molecule has 1 amide bonds. The summed E-state index contributed by atoms with van der Waals surface area (Å²) in [6.07, 6.45) is -3.53. The molecule has 0 saturated heterocycles. The Morgan fingerprint density at radius 2 is 1.74 bits per heavy atom. The van der Waals surface area contributed by atoms with Crippen LogP contribution in [0.5, 0.6) is 0 Å². The van der Waals surface area contributed by atoms with E-state index in [9.17, 15) is 26.4 Å². The Balaban J connectivity index is 1.85. The highest BCUT2D eigenvalue weighted by atomic mass is 35.5. The Morgan fingerprint density at radius 3 is 2.32 bits per heavy atom. The van der Waals surface area contributed by atoms with Crippen LogP contribution in [0.25, 0.3) is 5.69 Å².